The van der Waals surface area contributed by atoms with Crippen LogP contribution < -0.4 is 21.2 Å². The van der Waals surface area contributed by atoms with Crippen LogP contribution in [0.15, 0.2) is 29.2 Å². The van der Waals surface area contributed by atoms with E-state index in [9.17, 15) is 32.4 Å². The molecule has 3 atom stereocenters. The van der Waals surface area contributed by atoms with Crippen molar-refractivity contribution >= 4 is 56.6 Å². The van der Waals surface area contributed by atoms with E-state index in [4.69, 9.17) is 4.98 Å². The molecule has 350 valence electrons. The first-order valence-corrected chi connectivity index (χ1v) is 25.7. The van der Waals surface area contributed by atoms with E-state index in [2.05, 4.69) is 22.5 Å². The predicted molar refractivity (Wildman–Crippen MR) is 244 cm³/mol. The van der Waals surface area contributed by atoms with Gasteiger partial charge in [0.25, 0.3) is 10.2 Å². The van der Waals surface area contributed by atoms with Crippen LogP contribution in [0.1, 0.15) is 133 Å². The molecule has 2 spiro atoms. The zero-order chi connectivity index (χ0) is 45.3. The van der Waals surface area contributed by atoms with Crippen molar-refractivity contribution in [2.75, 3.05) is 49.5 Å². The maximum absolute atomic E-state index is 13.8. The highest BCUT2D eigenvalue weighted by atomic mass is 32.2. The number of carbonyl (C=O) groups is 4. The number of imidazole rings is 1. The molecule has 3 aromatic rings. The SMILES string of the molecule is CC1CCCC1N1C(=O)C2(CC2)c2cnc(NC3CCN(S(=O)(=O)N4CC5(CCN(C(=O)CCCCCCCc6cccc7c6n(C)c(=O)n7C6CCC(=O)NC6=O)CC5)C4)CC3)nc21. The Kier molecular flexibility index (Phi) is 11.7. The minimum Gasteiger partial charge on any atom is -0.351 e. The number of likely N-dealkylation sites (tertiary alicyclic amines) is 1. The third kappa shape index (κ3) is 7.98. The van der Waals surface area contributed by atoms with Crippen molar-refractivity contribution in [1.82, 2.24) is 37.9 Å². The summed E-state index contributed by atoms with van der Waals surface area (Å²) in [5.41, 5.74) is 2.82. The molecule has 0 bridgehead atoms. The second kappa shape index (κ2) is 17.2. The summed E-state index contributed by atoms with van der Waals surface area (Å²) in [7, 11) is -1.85. The monoisotopic (exact) mass is 912 g/mol. The number of hydrogen-bond acceptors (Lipinski definition) is 10. The van der Waals surface area contributed by atoms with E-state index < -0.39 is 27.6 Å². The lowest BCUT2D eigenvalue weighted by molar-refractivity contribution is -0.136. The Morgan fingerprint density at radius 3 is 2.34 bits per heavy atom. The first kappa shape index (κ1) is 44.2. The van der Waals surface area contributed by atoms with Crippen molar-refractivity contribution in [3.05, 3.63) is 46.0 Å². The van der Waals surface area contributed by atoms with Gasteiger partial charge in [-0.2, -0.15) is 22.0 Å². The summed E-state index contributed by atoms with van der Waals surface area (Å²) >= 11 is 0. The number of para-hydroxylation sites is 1. The number of rotatable bonds is 14. The van der Waals surface area contributed by atoms with E-state index in [1.807, 2.05) is 34.2 Å². The van der Waals surface area contributed by atoms with Crippen molar-refractivity contribution in [2.45, 2.75) is 146 Å². The Balaban J connectivity index is 0.630. The number of benzene rings is 1. The Bertz CT molecular complexity index is 2550. The average Bonchev–Trinajstić information content (AvgIpc) is 3.85. The molecule has 2 N–H and O–H groups in total. The van der Waals surface area contributed by atoms with Gasteiger partial charge in [-0.15, -0.1) is 0 Å². The molecule has 18 heteroatoms. The van der Waals surface area contributed by atoms with Crippen molar-refractivity contribution < 1.29 is 27.6 Å². The van der Waals surface area contributed by atoms with Crippen LogP contribution in [0.3, 0.4) is 0 Å². The first-order chi connectivity index (χ1) is 31.3. The number of piperidine rings is 3. The number of carbonyl (C=O) groups excluding carboxylic acids is 4. The van der Waals surface area contributed by atoms with E-state index in [1.54, 1.807) is 20.2 Å². The molecule has 2 aromatic heterocycles. The van der Waals surface area contributed by atoms with Gasteiger partial charge in [0.1, 0.15) is 11.9 Å². The van der Waals surface area contributed by atoms with Crippen LogP contribution in [0.5, 0.6) is 0 Å². The third-order valence-corrected chi connectivity index (χ3v) is 18.2. The molecule has 3 unspecified atom stereocenters. The van der Waals surface area contributed by atoms with E-state index in [-0.39, 0.29) is 47.3 Å². The van der Waals surface area contributed by atoms with Gasteiger partial charge in [0.2, 0.25) is 29.6 Å². The van der Waals surface area contributed by atoms with Crippen LogP contribution in [0.4, 0.5) is 11.8 Å². The van der Waals surface area contributed by atoms with E-state index >= 15 is 0 Å². The lowest BCUT2D eigenvalue weighted by Gasteiger charge is -2.54. The average molecular weight is 913 g/mol. The van der Waals surface area contributed by atoms with Crippen LogP contribution in [-0.2, 0) is 48.3 Å². The standard InChI is InChI=1S/C47H64N10O7S/c1-31-10-8-13-35(31)57-41-34(47(20-21-47)43(57)61)28-48-44(51-41)49-33-18-24-54(25-19-33)65(63,64)55-29-46(30-55)22-26-53(27-23-46)39(59)15-7-5-3-4-6-11-32-12-9-14-36-40(32)52(2)45(62)56(36)37-16-17-38(58)50-42(37)60/h9,12,14,28,31,33,35,37H,3-8,10-11,13,15-27,29-30H2,1-2H3,(H,48,49,51)(H,50,58,60). The molecular weight excluding hydrogens is 849 g/mol. The summed E-state index contributed by atoms with van der Waals surface area (Å²) in [5, 5.41) is 5.85. The number of imide groups is 1. The highest BCUT2D eigenvalue weighted by Crippen LogP contribution is 2.58. The lowest BCUT2D eigenvalue weighted by Crippen LogP contribution is -2.64. The topological polar surface area (TPSA) is 192 Å². The molecule has 2 saturated carbocycles. The largest absolute Gasteiger partial charge is 0.351 e. The third-order valence-electron chi connectivity index (χ3n) is 16.2. The summed E-state index contributed by atoms with van der Waals surface area (Å²) in [5.74, 6) is 1.36. The number of fused-ring (bicyclic) bond motifs is 3. The number of nitrogens with one attached hydrogen (secondary N) is 2. The fourth-order valence-electron chi connectivity index (χ4n) is 12.1. The number of amides is 4. The van der Waals surface area contributed by atoms with Crippen molar-refractivity contribution in [1.29, 1.82) is 0 Å². The van der Waals surface area contributed by atoms with E-state index in [1.165, 1.54) is 4.57 Å². The van der Waals surface area contributed by atoms with Gasteiger partial charge in [0.05, 0.1) is 16.4 Å². The molecule has 6 fully saturated rings. The Labute approximate surface area is 380 Å². The number of hydrogen-bond donors (Lipinski definition) is 2. The highest BCUT2D eigenvalue weighted by molar-refractivity contribution is 7.86. The van der Waals surface area contributed by atoms with Crippen LogP contribution in [0.25, 0.3) is 11.0 Å². The number of anilines is 2. The molecule has 7 aliphatic rings. The van der Waals surface area contributed by atoms with Gasteiger partial charge in [-0.05, 0) is 94.6 Å². The van der Waals surface area contributed by atoms with Gasteiger partial charge >= 0.3 is 5.69 Å². The fourth-order valence-corrected chi connectivity index (χ4v) is 13.9. The second-order valence-electron chi connectivity index (χ2n) is 20.4. The van der Waals surface area contributed by atoms with Crippen molar-refractivity contribution in [3.8, 4) is 0 Å². The number of nitrogens with zero attached hydrogens (tertiary/aromatic N) is 8. The molecule has 17 nitrogen and oxygen atoms in total. The zero-order valence-electron chi connectivity index (χ0n) is 37.9. The van der Waals surface area contributed by atoms with Gasteiger partial charge in [-0.3, -0.25) is 38.5 Å². The molecule has 2 aliphatic carbocycles. The van der Waals surface area contributed by atoms with E-state index in [0.29, 0.717) is 82.3 Å². The van der Waals surface area contributed by atoms with Gasteiger partial charge in [0.15, 0.2) is 0 Å². The molecule has 10 rings (SSSR count). The van der Waals surface area contributed by atoms with Crippen LogP contribution in [-0.4, -0.2) is 116 Å². The molecular formula is C47H64N10O7S. The molecule has 4 amide bonds. The van der Waals surface area contributed by atoms with E-state index in [0.717, 1.165) is 106 Å². The maximum atomic E-state index is 13.8. The smallest absolute Gasteiger partial charge is 0.329 e. The number of aromatic nitrogens is 4. The normalized spacial score (nSPS) is 25.7. The van der Waals surface area contributed by atoms with Gasteiger partial charge in [0, 0.05) is 88.4 Å². The van der Waals surface area contributed by atoms with Gasteiger partial charge in [-0.25, -0.2) is 9.78 Å². The van der Waals surface area contributed by atoms with Crippen LogP contribution in [0, 0.1) is 11.3 Å². The Morgan fingerprint density at radius 2 is 1.63 bits per heavy atom. The maximum Gasteiger partial charge on any atom is 0.329 e. The molecule has 5 aliphatic heterocycles. The van der Waals surface area contributed by atoms with Gasteiger partial charge in [-0.1, -0.05) is 44.7 Å². The quantitative estimate of drug-likeness (QED) is 0.174. The predicted octanol–water partition coefficient (Wildman–Crippen LogP) is 4.30. The van der Waals surface area contributed by atoms with Crippen LogP contribution >= 0.6 is 0 Å². The molecule has 4 saturated heterocycles. The minimum absolute atomic E-state index is 0.0373. The number of unbranched alkanes of at least 4 members (excludes halogenated alkanes) is 4. The Hall–Kier alpha value is -4.68. The van der Waals surface area contributed by atoms with Crippen LogP contribution in [0.2, 0.25) is 0 Å². The van der Waals surface area contributed by atoms with Crippen molar-refractivity contribution in [3.63, 3.8) is 0 Å². The zero-order valence-corrected chi connectivity index (χ0v) is 38.7. The summed E-state index contributed by atoms with van der Waals surface area (Å²) in [4.78, 5) is 77.9. The summed E-state index contributed by atoms with van der Waals surface area (Å²) in [6, 6.07) is 5.34. The summed E-state index contributed by atoms with van der Waals surface area (Å²) in [6.07, 6.45) is 16.3. The molecule has 65 heavy (non-hydrogen) atoms. The highest BCUT2D eigenvalue weighted by Gasteiger charge is 2.62. The number of aryl methyl sites for hydroxylation is 2. The lowest BCUT2D eigenvalue weighted by atomic mass is 9.73. The van der Waals surface area contributed by atoms with Gasteiger partial charge < -0.3 is 10.2 Å². The molecule has 1 aromatic carbocycles. The summed E-state index contributed by atoms with van der Waals surface area (Å²) in [6.45, 7) is 5.42. The fraction of sp³-hybridized carbons (Fsp3) is 0.681. The summed E-state index contributed by atoms with van der Waals surface area (Å²) < 4.78 is 33.9. The van der Waals surface area contributed by atoms with Crippen molar-refractivity contribution in [2.24, 2.45) is 18.4 Å². The molecule has 7 heterocycles. The second-order valence-corrected chi connectivity index (χ2v) is 22.3. The minimum atomic E-state index is -3.58. The Morgan fingerprint density at radius 1 is 0.892 bits per heavy atom. The first-order valence-electron chi connectivity index (χ1n) is 24.3. The molecule has 0 radical (unpaired) electrons.